The molecule has 0 aliphatic heterocycles. The van der Waals surface area contributed by atoms with Gasteiger partial charge in [0.2, 0.25) is 0 Å². The van der Waals surface area contributed by atoms with E-state index in [1.54, 1.807) is 12.3 Å². The van der Waals surface area contributed by atoms with Gasteiger partial charge in [-0.15, -0.1) is 0 Å². The molecule has 2 rings (SSSR count). The number of rotatable bonds is 7. The molecule has 0 fully saturated rings. The molecule has 0 saturated heterocycles. The van der Waals surface area contributed by atoms with Crippen LogP contribution in [0.25, 0.3) is 0 Å². The van der Waals surface area contributed by atoms with Gasteiger partial charge in [0.1, 0.15) is 22.5 Å². The van der Waals surface area contributed by atoms with Crippen molar-refractivity contribution >= 4 is 55.1 Å². The Labute approximate surface area is 181 Å². The summed E-state index contributed by atoms with van der Waals surface area (Å²) in [5.74, 6) is 0.0129. The number of nitriles is 1. The molecule has 0 spiro atoms. The second kappa shape index (κ2) is 10.6. The van der Waals surface area contributed by atoms with Crippen molar-refractivity contribution in [3.63, 3.8) is 0 Å². The Hall–Kier alpha value is -2.36. The minimum absolute atomic E-state index is 0.0551. The van der Waals surface area contributed by atoms with Crippen LogP contribution >= 0.6 is 19.5 Å². The van der Waals surface area contributed by atoms with Gasteiger partial charge in [0.05, 0.1) is 11.4 Å². The van der Waals surface area contributed by atoms with Gasteiger partial charge in [0.15, 0.2) is 5.81 Å². The highest BCUT2D eigenvalue weighted by Crippen LogP contribution is 2.32. The van der Waals surface area contributed by atoms with Crippen LogP contribution in [0.3, 0.4) is 0 Å². The van der Waals surface area contributed by atoms with Gasteiger partial charge in [-0.3, -0.25) is 9.79 Å². The van der Waals surface area contributed by atoms with Crippen LogP contribution in [0.2, 0.25) is 11.3 Å². The van der Waals surface area contributed by atoms with Gasteiger partial charge in [-0.2, -0.15) is 0 Å². The molecule has 0 radical (unpaired) electrons. The summed E-state index contributed by atoms with van der Waals surface area (Å²) in [6.45, 7) is 6.75. The number of benzene rings is 1. The largest absolute Gasteiger partial charge is 0.372 e. The molecule has 1 amide bonds. The summed E-state index contributed by atoms with van der Waals surface area (Å²) in [5.41, 5.74) is 1.61. The molecular formula is C20H21BClF2N4OP. The lowest BCUT2D eigenvalue weighted by molar-refractivity contribution is 0.268. The molecule has 1 N–H and O–H groups in total. The number of aromatic nitrogens is 1. The van der Waals surface area contributed by atoms with Crippen molar-refractivity contribution < 1.29 is 13.6 Å². The number of nitrogens with one attached hydrogen (secondary N) is 1. The van der Waals surface area contributed by atoms with E-state index in [1.165, 1.54) is 6.07 Å². The first kappa shape index (κ1) is 23.9. The molecule has 5 nitrogen and oxygen atoms in total. The van der Waals surface area contributed by atoms with Crippen LogP contribution in [0.15, 0.2) is 23.2 Å². The van der Waals surface area contributed by atoms with Crippen molar-refractivity contribution in [3.05, 3.63) is 46.1 Å². The Morgan fingerprint density at radius 3 is 2.73 bits per heavy atom. The Bertz CT molecular complexity index is 1030. The zero-order valence-electron chi connectivity index (χ0n) is 17.1. The molecule has 2 aromatic rings. The molecule has 30 heavy (non-hydrogen) atoms. The van der Waals surface area contributed by atoms with E-state index in [1.807, 2.05) is 19.8 Å². The molecule has 0 atom stereocenters. The average molecular weight is 449 g/mol. The summed E-state index contributed by atoms with van der Waals surface area (Å²) in [7, 11) is -0.506. The fraction of sp³-hybridized carbons (Fsp3) is 0.300. The number of carbonyl (C=O) groups is 1. The molecule has 0 unspecified atom stereocenters. The van der Waals surface area contributed by atoms with Crippen molar-refractivity contribution in [2.24, 2.45) is 4.99 Å². The van der Waals surface area contributed by atoms with E-state index in [9.17, 15) is 18.8 Å². The van der Waals surface area contributed by atoms with Crippen molar-refractivity contribution in [3.8, 4) is 5.97 Å². The number of hydrogen-bond acceptors (Lipinski definition) is 4. The Balaban J connectivity index is 2.18. The van der Waals surface area contributed by atoms with E-state index >= 15 is 0 Å². The third-order valence-electron chi connectivity index (χ3n) is 4.43. The highest BCUT2D eigenvalue weighted by atomic mass is 35.5. The van der Waals surface area contributed by atoms with Crippen molar-refractivity contribution in [2.45, 2.75) is 26.6 Å². The zero-order valence-corrected chi connectivity index (χ0v) is 18.8. The Kier molecular flexibility index (Phi) is 8.46. The van der Waals surface area contributed by atoms with E-state index in [0.29, 0.717) is 11.5 Å². The smallest absolute Gasteiger partial charge is 0.318 e. The van der Waals surface area contributed by atoms with E-state index < -0.39 is 37.1 Å². The van der Waals surface area contributed by atoms with Gasteiger partial charge in [-0.25, -0.2) is 19.0 Å². The lowest BCUT2D eigenvalue weighted by Gasteiger charge is -2.15. The number of aliphatic imine (C=N–C) groups is 1. The van der Waals surface area contributed by atoms with Gasteiger partial charge < -0.3 is 5.32 Å². The van der Waals surface area contributed by atoms with E-state index in [4.69, 9.17) is 11.6 Å². The number of nitrogens with zero attached hydrogens (tertiary/aromatic N) is 3. The summed E-state index contributed by atoms with van der Waals surface area (Å²) < 4.78 is 27.3. The Morgan fingerprint density at radius 2 is 2.13 bits per heavy atom. The molecular weight excluding hydrogens is 427 g/mol. The van der Waals surface area contributed by atoms with Gasteiger partial charge >= 0.3 is 6.71 Å². The van der Waals surface area contributed by atoms with Gasteiger partial charge in [0.25, 0.3) is 0 Å². The second-order valence-electron chi connectivity index (χ2n) is 6.79. The highest BCUT2D eigenvalue weighted by molar-refractivity contribution is 7.64. The number of hydrogen-bond donors (Lipinski definition) is 1. The average Bonchev–Trinajstić information content (AvgIpc) is 2.69. The van der Waals surface area contributed by atoms with Gasteiger partial charge in [-0.05, 0) is 57.6 Å². The van der Waals surface area contributed by atoms with Crippen LogP contribution in [0.4, 0.5) is 25.1 Å². The van der Waals surface area contributed by atoms with Gasteiger partial charge in [-0.1, -0.05) is 25.6 Å². The van der Waals surface area contributed by atoms with Crippen molar-refractivity contribution in [2.75, 3.05) is 18.6 Å². The fourth-order valence-corrected chi connectivity index (χ4v) is 4.08. The monoisotopic (exact) mass is 448 g/mol. The first-order chi connectivity index (χ1) is 14.2. The predicted molar refractivity (Wildman–Crippen MR) is 121 cm³/mol. The number of halogens is 3. The van der Waals surface area contributed by atoms with Crippen molar-refractivity contribution in [1.82, 2.24) is 4.98 Å². The molecule has 0 aliphatic rings. The molecule has 0 aliphatic carbocycles. The number of carbonyl (C=O) groups excluding carboxylic acids is 1. The van der Waals surface area contributed by atoms with E-state index in [0.717, 1.165) is 17.1 Å². The first-order valence-electron chi connectivity index (χ1n) is 9.20. The minimum Gasteiger partial charge on any atom is -0.318 e. The predicted octanol–water partition coefficient (Wildman–Crippen LogP) is 5.32. The summed E-state index contributed by atoms with van der Waals surface area (Å²) in [4.78, 5) is 21.4. The zero-order chi connectivity index (χ0) is 22.4. The third kappa shape index (κ3) is 5.62. The summed E-state index contributed by atoms with van der Waals surface area (Å²) in [6.07, 6.45) is 1.81. The minimum atomic E-state index is -1.03. The molecule has 1 aromatic carbocycles. The van der Waals surface area contributed by atoms with Crippen LogP contribution in [0.5, 0.6) is 0 Å². The van der Waals surface area contributed by atoms with Crippen LogP contribution in [0, 0.1) is 29.8 Å². The normalized spacial score (nSPS) is 11.0. The molecule has 10 heteroatoms. The van der Waals surface area contributed by atoms with E-state index in [-0.39, 0.29) is 18.3 Å². The maximum Gasteiger partial charge on any atom is 0.372 e. The first-order valence-corrected chi connectivity index (χ1v) is 11.8. The van der Waals surface area contributed by atoms with Crippen molar-refractivity contribution in [1.29, 1.82) is 5.26 Å². The lowest BCUT2D eigenvalue weighted by atomic mass is 9.47. The summed E-state index contributed by atoms with van der Waals surface area (Å²) in [5, 5.41) is 12.5. The Morgan fingerprint density at radius 1 is 1.43 bits per heavy atom. The third-order valence-corrected chi connectivity index (χ3v) is 6.08. The maximum absolute atomic E-state index is 14.1. The molecule has 0 bridgehead atoms. The molecule has 1 aromatic heterocycles. The fourth-order valence-electron chi connectivity index (χ4n) is 2.87. The standard InChI is InChI=1S/C20H21BClF2N4OP/c1-5-26-19-12(2)27-16(10-15(19)30(3)4)28-20(29)21(11-25)9-8-13-6-7-14(23)17(22)18(13)24/h5-7,10H,8-9H2,1-4H3,(H,27,28,29). The molecule has 0 saturated carbocycles. The SMILES string of the molecule is CC=Nc1c(P(C)C)cc(NC(=O)B(C#N)CCc2ccc(F)c(Cl)c2F)nc1C. The topological polar surface area (TPSA) is 78.1 Å². The number of pyridine rings is 1. The molecule has 1 heterocycles. The maximum atomic E-state index is 14.1. The quantitative estimate of drug-likeness (QED) is 0.269. The van der Waals surface area contributed by atoms with Crippen LogP contribution < -0.4 is 10.6 Å². The summed E-state index contributed by atoms with van der Waals surface area (Å²) >= 11 is 5.58. The van der Waals surface area contributed by atoms with Gasteiger partial charge in [0, 0.05) is 17.5 Å². The summed E-state index contributed by atoms with van der Waals surface area (Å²) in [6, 6.07) is 4.09. The van der Waals surface area contributed by atoms with Crippen LogP contribution in [-0.4, -0.2) is 37.0 Å². The number of amides is 1. The number of anilines is 1. The van der Waals surface area contributed by atoms with Crippen LogP contribution in [-0.2, 0) is 6.42 Å². The lowest BCUT2D eigenvalue weighted by Crippen LogP contribution is -2.31. The second-order valence-corrected chi connectivity index (χ2v) is 9.44. The van der Waals surface area contributed by atoms with Crippen LogP contribution in [0.1, 0.15) is 18.2 Å². The van der Waals surface area contributed by atoms with E-state index in [2.05, 4.69) is 28.6 Å². The number of aryl methyl sites for hydroxylation is 2. The molecule has 156 valence electrons. The highest BCUT2D eigenvalue weighted by Gasteiger charge is 2.26.